The molecule has 0 atom stereocenters. The third kappa shape index (κ3) is 5.90. The highest BCUT2D eigenvalue weighted by Gasteiger charge is 2.30. The van der Waals surface area contributed by atoms with Crippen molar-refractivity contribution < 1.29 is 0 Å². The van der Waals surface area contributed by atoms with Gasteiger partial charge in [0.05, 0.1) is 11.3 Å². The molecule has 0 amide bonds. The summed E-state index contributed by atoms with van der Waals surface area (Å²) in [6, 6.07) is 47.8. The molecule has 0 unspecified atom stereocenters. The Morgan fingerprint density at radius 1 is 0.373 bits per heavy atom. The van der Waals surface area contributed by atoms with Gasteiger partial charge in [-0.3, -0.25) is 19.9 Å². The summed E-state index contributed by atoms with van der Waals surface area (Å²) in [6.07, 6.45) is 14.4. The van der Waals surface area contributed by atoms with Gasteiger partial charge in [-0.15, -0.1) is 0 Å². The lowest BCUT2D eigenvalue weighted by atomic mass is 9.76. The molecule has 0 aliphatic heterocycles. The molecular weight excluding hydrogens is 625 g/mol. The smallest absolute Gasteiger partial charge is 0.100 e. The fraction of sp³-hybridized carbons (Fsp3) is 0. The lowest BCUT2D eigenvalue weighted by Gasteiger charge is -2.30. The van der Waals surface area contributed by atoms with E-state index in [-0.39, 0.29) is 0 Å². The van der Waals surface area contributed by atoms with Gasteiger partial charge in [0.15, 0.2) is 0 Å². The van der Waals surface area contributed by atoms with Crippen LogP contribution in [-0.2, 0) is 0 Å². The summed E-state index contributed by atoms with van der Waals surface area (Å²) in [5, 5.41) is 11.5. The molecule has 0 fully saturated rings. The summed E-state index contributed by atoms with van der Waals surface area (Å²) in [6.45, 7) is 0. The summed E-state index contributed by atoms with van der Waals surface area (Å²) in [5.74, 6) is 0. The van der Waals surface area contributed by atoms with E-state index >= 15 is 0 Å². The maximum Gasteiger partial charge on any atom is 0.100 e. The Balaban J connectivity index is 1.60. The van der Waals surface area contributed by atoms with Gasteiger partial charge in [-0.05, 0) is 118 Å². The Bertz CT molecular complexity index is 2410. The fourth-order valence-electron chi connectivity index (χ4n) is 6.82. The van der Waals surface area contributed by atoms with Crippen LogP contribution < -0.4 is 4.90 Å². The molecular formula is C45H30N6. The quantitative estimate of drug-likeness (QED) is 0.162. The molecule has 0 spiro atoms. The van der Waals surface area contributed by atoms with Gasteiger partial charge in [0.2, 0.25) is 0 Å². The van der Waals surface area contributed by atoms with Crippen molar-refractivity contribution in [2.45, 2.75) is 0 Å². The molecule has 4 heterocycles. The van der Waals surface area contributed by atoms with Crippen LogP contribution in [0.5, 0.6) is 0 Å². The number of aromatic nitrogens is 4. The van der Waals surface area contributed by atoms with Crippen molar-refractivity contribution in [3.05, 3.63) is 189 Å². The van der Waals surface area contributed by atoms with E-state index in [1.165, 1.54) is 0 Å². The second-order valence-electron chi connectivity index (χ2n) is 11.8. The average Bonchev–Trinajstić information content (AvgIpc) is 3.22. The Hall–Kier alpha value is -7.23. The van der Waals surface area contributed by atoms with Gasteiger partial charge in [0.25, 0.3) is 0 Å². The number of benzene rings is 4. The summed E-state index contributed by atoms with van der Waals surface area (Å²) in [5.41, 5.74) is 12.5. The van der Waals surface area contributed by atoms with Crippen molar-refractivity contribution in [1.29, 1.82) is 5.26 Å². The highest BCUT2D eigenvalue weighted by Crippen LogP contribution is 2.54. The molecule has 6 heteroatoms. The normalized spacial score (nSPS) is 10.7. The molecule has 0 saturated heterocycles. The molecule has 0 saturated carbocycles. The van der Waals surface area contributed by atoms with E-state index in [0.29, 0.717) is 5.56 Å². The standard InChI is InChI=1S/C45H30N6/c46-31-39-41(32-15-23-47-24-16-32)42(33-17-25-48-26-18-33)43(34-19-27-49-28-20-34)44(35-21-29-50-30-22-35)45(39)38-13-7-8-14-40(38)51(36-9-3-1-4-10-36)37-11-5-2-6-12-37/h1-30H. The first-order valence-corrected chi connectivity index (χ1v) is 16.6. The number of hydrogen-bond donors (Lipinski definition) is 0. The van der Waals surface area contributed by atoms with Gasteiger partial charge >= 0.3 is 0 Å². The molecule has 51 heavy (non-hydrogen) atoms. The van der Waals surface area contributed by atoms with Crippen molar-refractivity contribution in [2.24, 2.45) is 0 Å². The van der Waals surface area contributed by atoms with Gasteiger partial charge in [-0.25, -0.2) is 0 Å². The van der Waals surface area contributed by atoms with Gasteiger partial charge < -0.3 is 4.90 Å². The molecule has 4 aromatic carbocycles. The molecule has 0 bridgehead atoms. The third-order valence-corrected chi connectivity index (χ3v) is 8.93. The van der Waals surface area contributed by atoms with Crippen molar-refractivity contribution in [2.75, 3.05) is 4.90 Å². The van der Waals surface area contributed by atoms with E-state index in [1.807, 2.05) is 103 Å². The van der Waals surface area contributed by atoms with Crippen molar-refractivity contribution in [3.63, 3.8) is 0 Å². The van der Waals surface area contributed by atoms with Gasteiger partial charge in [0, 0.05) is 77.6 Å². The zero-order valence-corrected chi connectivity index (χ0v) is 27.5. The number of para-hydroxylation sites is 3. The Kier molecular flexibility index (Phi) is 8.58. The van der Waals surface area contributed by atoms with Gasteiger partial charge in [0.1, 0.15) is 6.07 Å². The zero-order valence-electron chi connectivity index (χ0n) is 27.5. The number of hydrogen-bond acceptors (Lipinski definition) is 6. The molecule has 0 aliphatic rings. The SMILES string of the molecule is N#Cc1c(-c2ccncc2)c(-c2ccncc2)c(-c2ccncc2)c(-c2ccncc2)c1-c1ccccc1N(c1ccccc1)c1ccccc1. The number of rotatable bonds is 8. The monoisotopic (exact) mass is 654 g/mol. The van der Waals surface area contributed by atoms with E-state index in [0.717, 1.165) is 72.7 Å². The minimum Gasteiger partial charge on any atom is -0.310 e. The zero-order chi connectivity index (χ0) is 34.4. The molecule has 0 radical (unpaired) electrons. The van der Waals surface area contributed by atoms with Crippen molar-refractivity contribution in [1.82, 2.24) is 19.9 Å². The van der Waals surface area contributed by atoms with Crippen LogP contribution in [0.2, 0.25) is 0 Å². The number of nitriles is 1. The van der Waals surface area contributed by atoms with Gasteiger partial charge in [-0.2, -0.15) is 5.26 Å². The van der Waals surface area contributed by atoms with Crippen LogP contribution in [0, 0.1) is 11.3 Å². The Morgan fingerprint density at radius 3 is 1.16 bits per heavy atom. The van der Waals surface area contributed by atoms with E-state index in [9.17, 15) is 5.26 Å². The Morgan fingerprint density at radius 2 is 0.725 bits per heavy atom. The molecule has 4 aromatic heterocycles. The minimum absolute atomic E-state index is 0.547. The number of pyridine rings is 4. The summed E-state index contributed by atoms with van der Waals surface area (Å²) in [7, 11) is 0. The predicted octanol–water partition coefficient (Wildman–Crippen LogP) is 10.9. The largest absolute Gasteiger partial charge is 0.310 e. The van der Waals surface area contributed by atoms with Crippen LogP contribution in [0.15, 0.2) is 183 Å². The van der Waals surface area contributed by atoms with Crippen LogP contribution in [0.4, 0.5) is 17.1 Å². The van der Waals surface area contributed by atoms with Crippen molar-refractivity contribution >= 4 is 17.1 Å². The third-order valence-electron chi connectivity index (χ3n) is 8.93. The molecule has 8 aromatic rings. The number of anilines is 3. The van der Waals surface area contributed by atoms with Crippen LogP contribution in [0.3, 0.4) is 0 Å². The summed E-state index contributed by atoms with van der Waals surface area (Å²) in [4.78, 5) is 19.7. The molecule has 6 nitrogen and oxygen atoms in total. The maximum absolute atomic E-state index is 11.5. The molecule has 240 valence electrons. The second-order valence-corrected chi connectivity index (χ2v) is 11.8. The van der Waals surface area contributed by atoms with E-state index < -0.39 is 0 Å². The second kappa shape index (κ2) is 14.1. The average molecular weight is 655 g/mol. The minimum atomic E-state index is 0.547. The Labute approximate surface area is 296 Å². The summed E-state index contributed by atoms with van der Waals surface area (Å²) >= 11 is 0. The van der Waals surface area contributed by atoms with Crippen LogP contribution in [0.25, 0.3) is 55.6 Å². The summed E-state index contributed by atoms with van der Waals surface area (Å²) < 4.78 is 0. The first-order valence-electron chi connectivity index (χ1n) is 16.6. The topological polar surface area (TPSA) is 78.6 Å². The highest BCUT2D eigenvalue weighted by molar-refractivity contribution is 6.11. The molecule has 8 rings (SSSR count). The van der Waals surface area contributed by atoms with Crippen molar-refractivity contribution in [3.8, 4) is 61.7 Å². The molecule has 0 aliphatic carbocycles. The van der Waals surface area contributed by atoms with E-state index in [2.05, 4.69) is 73.4 Å². The first-order chi connectivity index (χ1) is 25.3. The highest BCUT2D eigenvalue weighted by atomic mass is 15.1. The number of nitrogens with zero attached hydrogens (tertiary/aromatic N) is 6. The molecule has 0 N–H and O–H groups in total. The van der Waals surface area contributed by atoms with Crippen LogP contribution in [-0.4, -0.2) is 19.9 Å². The van der Waals surface area contributed by atoms with E-state index in [4.69, 9.17) is 0 Å². The van der Waals surface area contributed by atoms with Crippen LogP contribution >= 0.6 is 0 Å². The van der Waals surface area contributed by atoms with Gasteiger partial charge in [-0.1, -0.05) is 54.6 Å². The van der Waals surface area contributed by atoms with Crippen LogP contribution in [0.1, 0.15) is 5.56 Å². The maximum atomic E-state index is 11.5. The van der Waals surface area contributed by atoms with E-state index in [1.54, 1.807) is 37.2 Å². The fourth-order valence-corrected chi connectivity index (χ4v) is 6.82. The lowest BCUT2D eigenvalue weighted by molar-refractivity contribution is 1.28. The first kappa shape index (κ1) is 31.1. The lowest BCUT2D eigenvalue weighted by Crippen LogP contribution is -2.12. The predicted molar refractivity (Wildman–Crippen MR) is 204 cm³/mol.